The Morgan fingerprint density at radius 3 is 1.67 bits per heavy atom. The second kappa shape index (κ2) is 6.49. The maximum atomic E-state index is 12.8. The van der Waals surface area contributed by atoms with E-state index in [2.05, 4.69) is 25.8 Å². The van der Waals surface area contributed by atoms with Gasteiger partial charge < -0.3 is 0 Å². The maximum Gasteiger partial charge on any atom is 0.123 e. The van der Waals surface area contributed by atoms with Gasteiger partial charge in [0, 0.05) is 6.21 Å². The van der Waals surface area contributed by atoms with E-state index < -0.39 is 0 Å². The minimum absolute atomic E-state index is 0.0544. The molecule has 0 atom stereocenters. The predicted octanol–water partition coefficient (Wildman–Crippen LogP) is 5.21. The number of aliphatic imine (C=N–C) groups is 1. The van der Waals surface area contributed by atoms with Gasteiger partial charge in [0.1, 0.15) is 5.82 Å². The summed E-state index contributed by atoms with van der Waals surface area (Å²) in [4.78, 5) is 4.48. The van der Waals surface area contributed by atoms with Crippen LogP contribution in [-0.2, 0) is 0 Å². The van der Waals surface area contributed by atoms with Crippen molar-refractivity contribution in [3.63, 3.8) is 0 Å². The fourth-order valence-corrected chi connectivity index (χ4v) is 1.73. The average molecular weight is 281 g/mol. The zero-order chi connectivity index (χ0) is 15.3. The molecule has 0 aliphatic heterocycles. The van der Waals surface area contributed by atoms with Crippen molar-refractivity contribution in [2.75, 3.05) is 0 Å². The fourth-order valence-electron chi connectivity index (χ4n) is 1.73. The Morgan fingerprint density at radius 2 is 1.19 bits per heavy atom. The molecule has 21 heavy (non-hydrogen) atoms. The average Bonchev–Trinajstić information content (AvgIpc) is 2.45. The molecule has 0 saturated carbocycles. The van der Waals surface area contributed by atoms with Gasteiger partial charge in [-0.15, -0.1) is 0 Å². The van der Waals surface area contributed by atoms with E-state index in [-0.39, 0.29) is 11.4 Å². The lowest BCUT2D eigenvalue weighted by molar-refractivity contribution is 0.586. The number of benzene rings is 2. The SMILES string of the molecule is CC(C)(C)N=Cc1ccc(/C=C/c2ccc(F)cc2)cc1. The Morgan fingerprint density at radius 1 is 0.762 bits per heavy atom. The topological polar surface area (TPSA) is 12.4 Å². The van der Waals surface area contributed by atoms with Crippen LogP contribution in [0, 0.1) is 5.82 Å². The minimum Gasteiger partial charge on any atom is -0.287 e. The van der Waals surface area contributed by atoms with Gasteiger partial charge in [-0.05, 0) is 49.6 Å². The van der Waals surface area contributed by atoms with E-state index in [1.807, 2.05) is 42.6 Å². The van der Waals surface area contributed by atoms with Crippen LogP contribution in [-0.4, -0.2) is 11.8 Å². The molecule has 0 amide bonds. The summed E-state index contributed by atoms with van der Waals surface area (Å²) in [5.41, 5.74) is 3.12. The van der Waals surface area contributed by atoms with Gasteiger partial charge in [0.25, 0.3) is 0 Å². The van der Waals surface area contributed by atoms with Gasteiger partial charge in [0.2, 0.25) is 0 Å². The van der Waals surface area contributed by atoms with E-state index in [1.54, 1.807) is 12.1 Å². The number of nitrogens with zero attached hydrogens (tertiary/aromatic N) is 1. The van der Waals surface area contributed by atoms with Crippen molar-refractivity contribution in [1.29, 1.82) is 0 Å². The van der Waals surface area contributed by atoms with E-state index >= 15 is 0 Å². The first-order chi connectivity index (χ1) is 9.92. The first kappa shape index (κ1) is 15.2. The van der Waals surface area contributed by atoms with Crippen molar-refractivity contribution >= 4 is 18.4 Å². The van der Waals surface area contributed by atoms with Crippen molar-refractivity contribution in [2.24, 2.45) is 4.99 Å². The Kier molecular flexibility index (Phi) is 4.69. The molecule has 0 fully saturated rings. The molecule has 2 aromatic rings. The maximum absolute atomic E-state index is 12.8. The van der Waals surface area contributed by atoms with E-state index in [1.165, 1.54) is 12.1 Å². The van der Waals surface area contributed by atoms with Crippen LogP contribution in [0.3, 0.4) is 0 Å². The highest BCUT2D eigenvalue weighted by Crippen LogP contribution is 2.11. The molecule has 2 rings (SSSR count). The summed E-state index contributed by atoms with van der Waals surface area (Å²) in [6, 6.07) is 14.6. The summed E-state index contributed by atoms with van der Waals surface area (Å²) >= 11 is 0. The van der Waals surface area contributed by atoms with E-state index in [0.717, 1.165) is 16.7 Å². The lowest BCUT2D eigenvalue weighted by Gasteiger charge is -2.10. The largest absolute Gasteiger partial charge is 0.287 e. The lowest BCUT2D eigenvalue weighted by Crippen LogP contribution is -2.09. The van der Waals surface area contributed by atoms with Crippen molar-refractivity contribution in [2.45, 2.75) is 26.3 Å². The molecular weight excluding hydrogens is 261 g/mol. The molecule has 2 aromatic carbocycles. The molecule has 0 saturated heterocycles. The van der Waals surface area contributed by atoms with Gasteiger partial charge in [0.05, 0.1) is 5.54 Å². The molecule has 0 aliphatic rings. The second-order valence-corrected chi connectivity index (χ2v) is 5.98. The molecule has 0 bridgehead atoms. The molecular formula is C19H20FN. The van der Waals surface area contributed by atoms with Gasteiger partial charge >= 0.3 is 0 Å². The van der Waals surface area contributed by atoms with Crippen molar-refractivity contribution < 1.29 is 4.39 Å². The van der Waals surface area contributed by atoms with Crippen LogP contribution < -0.4 is 0 Å². The lowest BCUT2D eigenvalue weighted by atomic mass is 10.1. The highest BCUT2D eigenvalue weighted by Gasteiger charge is 2.04. The predicted molar refractivity (Wildman–Crippen MR) is 89.1 cm³/mol. The van der Waals surface area contributed by atoms with Gasteiger partial charge in [-0.2, -0.15) is 0 Å². The number of halogens is 1. The van der Waals surface area contributed by atoms with Gasteiger partial charge in [-0.1, -0.05) is 48.6 Å². The van der Waals surface area contributed by atoms with Gasteiger partial charge in [-0.3, -0.25) is 4.99 Å². The summed E-state index contributed by atoms with van der Waals surface area (Å²) in [5.74, 6) is -0.213. The zero-order valence-corrected chi connectivity index (χ0v) is 12.7. The van der Waals surface area contributed by atoms with Crippen LogP contribution in [0.5, 0.6) is 0 Å². The summed E-state index contributed by atoms with van der Waals surface area (Å²) in [7, 11) is 0. The van der Waals surface area contributed by atoms with Crippen molar-refractivity contribution in [3.8, 4) is 0 Å². The number of rotatable bonds is 3. The second-order valence-electron chi connectivity index (χ2n) is 5.98. The molecule has 0 N–H and O–H groups in total. The molecule has 2 heteroatoms. The number of hydrogen-bond acceptors (Lipinski definition) is 1. The minimum atomic E-state index is -0.213. The third-order valence-electron chi connectivity index (χ3n) is 2.88. The third kappa shape index (κ3) is 5.35. The smallest absolute Gasteiger partial charge is 0.123 e. The molecule has 0 radical (unpaired) electrons. The Labute approximate surface area is 125 Å². The van der Waals surface area contributed by atoms with Gasteiger partial charge in [0.15, 0.2) is 0 Å². The quantitative estimate of drug-likeness (QED) is 0.540. The number of hydrogen-bond donors (Lipinski definition) is 0. The molecule has 1 nitrogen and oxygen atoms in total. The first-order valence-corrected chi connectivity index (χ1v) is 7.01. The molecule has 0 unspecified atom stereocenters. The van der Waals surface area contributed by atoms with Crippen molar-refractivity contribution in [3.05, 3.63) is 71.0 Å². The van der Waals surface area contributed by atoms with E-state index in [4.69, 9.17) is 0 Å². The summed E-state index contributed by atoms with van der Waals surface area (Å²) in [6.07, 6.45) is 5.88. The van der Waals surface area contributed by atoms with E-state index in [9.17, 15) is 4.39 Å². The van der Waals surface area contributed by atoms with Crippen LogP contribution in [0.4, 0.5) is 4.39 Å². The standard InChI is InChI=1S/C19H20FN/c1-19(2,3)21-14-17-8-6-15(7-9-17)4-5-16-10-12-18(20)13-11-16/h4-14H,1-3H3/b5-4+,21-14?. The van der Waals surface area contributed by atoms with Crippen LogP contribution in [0.15, 0.2) is 53.5 Å². The molecule has 0 aliphatic carbocycles. The summed E-state index contributed by atoms with van der Waals surface area (Å²) < 4.78 is 12.8. The van der Waals surface area contributed by atoms with Crippen molar-refractivity contribution in [1.82, 2.24) is 0 Å². The fraction of sp³-hybridized carbons (Fsp3) is 0.211. The normalized spacial score (nSPS) is 12.4. The third-order valence-corrected chi connectivity index (χ3v) is 2.88. The van der Waals surface area contributed by atoms with Crippen LogP contribution >= 0.6 is 0 Å². The van der Waals surface area contributed by atoms with E-state index in [0.29, 0.717) is 0 Å². The zero-order valence-electron chi connectivity index (χ0n) is 12.7. The first-order valence-electron chi connectivity index (χ1n) is 7.01. The Balaban J connectivity index is 2.05. The summed E-state index contributed by atoms with van der Waals surface area (Å²) in [6.45, 7) is 6.22. The molecule has 0 aromatic heterocycles. The highest BCUT2D eigenvalue weighted by atomic mass is 19.1. The van der Waals surface area contributed by atoms with Gasteiger partial charge in [-0.25, -0.2) is 4.39 Å². The molecule has 0 heterocycles. The van der Waals surface area contributed by atoms with Crippen LogP contribution in [0.1, 0.15) is 37.5 Å². The molecule has 108 valence electrons. The highest BCUT2D eigenvalue weighted by molar-refractivity contribution is 5.81. The Bertz CT molecular complexity index is 629. The van der Waals surface area contributed by atoms with Crippen LogP contribution in [0.25, 0.3) is 12.2 Å². The summed E-state index contributed by atoms with van der Waals surface area (Å²) in [5, 5.41) is 0. The monoisotopic (exact) mass is 281 g/mol. The Hall–Kier alpha value is -2.22. The molecule has 0 spiro atoms. The van der Waals surface area contributed by atoms with Crippen LogP contribution in [0.2, 0.25) is 0 Å².